The molecule has 0 amide bonds. The number of nitrogens with one attached hydrogen (secondary N) is 1. The lowest BCUT2D eigenvalue weighted by Crippen LogP contribution is -2.14. The third-order valence-corrected chi connectivity index (χ3v) is 5.49. The summed E-state index contributed by atoms with van der Waals surface area (Å²) in [4.78, 5) is 28.2. The van der Waals surface area contributed by atoms with E-state index in [0.717, 1.165) is 28.1 Å². The van der Waals surface area contributed by atoms with Gasteiger partial charge in [0.05, 0.1) is 18.5 Å². The number of carbonyl (C=O) groups excluding carboxylic acids is 1. The molecule has 0 unspecified atom stereocenters. The van der Waals surface area contributed by atoms with Crippen molar-refractivity contribution in [2.24, 2.45) is 0 Å². The summed E-state index contributed by atoms with van der Waals surface area (Å²) in [5, 5.41) is 0. The Labute approximate surface area is 186 Å². The first-order valence-electron chi connectivity index (χ1n) is 10.3. The van der Waals surface area contributed by atoms with E-state index < -0.39 is 0 Å². The second-order valence-electron chi connectivity index (χ2n) is 7.66. The number of ketones is 1. The number of imidazole rings is 1. The lowest BCUT2D eigenvalue weighted by molar-refractivity contribution is 0.104. The van der Waals surface area contributed by atoms with Crippen molar-refractivity contribution in [3.05, 3.63) is 112 Å². The molecule has 0 spiro atoms. The van der Waals surface area contributed by atoms with E-state index in [2.05, 4.69) is 18.0 Å². The van der Waals surface area contributed by atoms with Crippen molar-refractivity contribution in [2.75, 3.05) is 7.11 Å². The van der Waals surface area contributed by atoms with Crippen molar-refractivity contribution in [2.45, 2.75) is 13.8 Å². The molecule has 0 saturated carbocycles. The van der Waals surface area contributed by atoms with Gasteiger partial charge in [-0.25, -0.2) is 4.79 Å². The number of rotatable bonds is 6. The van der Waals surface area contributed by atoms with Gasteiger partial charge in [-0.3, -0.25) is 9.36 Å². The van der Waals surface area contributed by atoms with Gasteiger partial charge in [0.2, 0.25) is 0 Å². The van der Waals surface area contributed by atoms with E-state index in [1.165, 1.54) is 16.2 Å². The van der Waals surface area contributed by atoms with Crippen molar-refractivity contribution in [3.8, 4) is 22.7 Å². The van der Waals surface area contributed by atoms with Crippen LogP contribution in [-0.2, 0) is 0 Å². The van der Waals surface area contributed by atoms with Gasteiger partial charge in [-0.05, 0) is 72.5 Å². The lowest BCUT2D eigenvalue weighted by atomic mass is 10.0. The summed E-state index contributed by atoms with van der Waals surface area (Å²) < 4.78 is 6.67. The molecule has 1 aromatic heterocycles. The van der Waals surface area contributed by atoms with Crippen LogP contribution >= 0.6 is 0 Å². The normalized spacial score (nSPS) is 11.1. The summed E-state index contributed by atoms with van der Waals surface area (Å²) in [6.07, 6.45) is 5.05. The molecule has 5 heteroatoms. The molecule has 1 heterocycles. The molecule has 5 nitrogen and oxygen atoms in total. The van der Waals surface area contributed by atoms with Crippen molar-refractivity contribution in [1.82, 2.24) is 9.55 Å². The van der Waals surface area contributed by atoms with E-state index in [-0.39, 0.29) is 11.5 Å². The van der Waals surface area contributed by atoms with Gasteiger partial charge in [0, 0.05) is 11.8 Å². The number of carbonyl (C=O) groups is 1. The average Bonchev–Trinajstić information content (AvgIpc) is 3.21. The zero-order valence-electron chi connectivity index (χ0n) is 18.3. The van der Waals surface area contributed by atoms with Gasteiger partial charge in [-0.15, -0.1) is 0 Å². The number of H-pyrrole nitrogens is 1. The largest absolute Gasteiger partial charge is 0.497 e. The molecule has 4 rings (SSSR count). The second kappa shape index (κ2) is 8.94. The minimum absolute atomic E-state index is 0.138. The molecule has 32 heavy (non-hydrogen) atoms. The first-order valence-corrected chi connectivity index (χ1v) is 10.3. The Balaban J connectivity index is 1.59. The molecule has 3 aromatic carbocycles. The zero-order valence-corrected chi connectivity index (χ0v) is 18.3. The van der Waals surface area contributed by atoms with Crippen LogP contribution in [-0.4, -0.2) is 22.4 Å². The molecular formula is C27H24N2O3. The van der Waals surface area contributed by atoms with Crippen molar-refractivity contribution in [1.29, 1.82) is 0 Å². The minimum atomic E-state index is -0.253. The maximum absolute atomic E-state index is 12.7. The molecule has 0 saturated heterocycles. The Kier molecular flexibility index (Phi) is 5.90. The van der Waals surface area contributed by atoms with E-state index in [9.17, 15) is 9.59 Å². The highest BCUT2D eigenvalue weighted by Gasteiger charge is 2.10. The average molecular weight is 425 g/mol. The van der Waals surface area contributed by atoms with Gasteiger partial charge in [-0.2, -0.15) is 0 Å². The summed E-state index contributed by atoms with van der Waals surface area (Å²) in [5.41, 5.74) is 5.81. The fourth-order valence-electron chi connectivity index (χ4n) is 3.44. The van der Waals surface area contributed by atoms with Crippen LogP contribution in [0.1, 0.15) is 27.0 Å². The van der Waals surface area contributed by atoms with E-state index in [1.54, 1.807) is 37.6 Å². The van der Waals surface area contributed by atoms with E-state index in [1.807, 2.05) is 49.4 Å². The number of methoxy groups -OCH3 is 1. The minimum Gasteiger partial charge on any atom is -0.497 e. The summed E-state index contributed by atoms with van der Waals surface area (Å²) >= 11 is 0. The standard InChI is InChI=1S/C27H24N2O3/c1-18-7-11-21(15-19(18)2)25-17-29(27(31)28-25)23-6-4-5-22(16-23)26(30)14-10-20-8-12-24(32-3)13-9-20/h4-17H,1-3H3,(H,28,31). The summed E-state index contributed by atoms with van der Waals surface area (Å²) in [5.74, 6) is 0.624. The van der Waals surface area contributed by atoms with Gasteiger partial charge >= 0.3 is 5.69 Å². The summed E-state index contributed by atoms with van der Waals surface area (Å²) in [6, 6.07) is 20.6. The first kappa shape index (κ1) is 21.1. The maximum atomic E-state index is 12.7. The topological polar surface area (TPSA) is 64.1 Å². The highest BCUT2D eigenvalue weighted by Crippen LogP contribution is 2.21. The van der Waals surface area contributed by atoms with Crippen molar-refractivity contribution < 1.29 is 9.53 Å². The molecule has 0 aliphatic heterocycles. The molecule has 160 valence electrons. The number of aromatic nitrogens is 2. The van der Waals surface area contributed by atoms with Gasteiger partial charge in [-0.1, -0.05) is 42.5 Å². The Morgan fingerprint density at radius 2 is 1.75 bits per heavy atom. The van der Waals surface area contributed by atoms with Crippen LogP contribution in [0.4, 0.5) is 0 Å². The molecule has 0 radical (unpaired) electrons. The van der Waals surface area contributed by atoms with Crippen LogP contribution < -0.4 is 10.4 Å². The van der Waals surface area contributed by atoms with Crippen LogP contribution in [0, 0.1) is 13.8 Å². The van der Waals surface area contributed by atoms with Gasteiger partial charge in [0.15, 0.2) is 5.78 Å². The number of hydrogen-bond acceptors (Lipinski definition) is 3. The third-order valence-electron chi connectivity index (χ3n) is 5.49. The van der Waals surface area contributed by atoms with E-state index in [0.29, 0.717) is 11.3 Å². The van der Waals surface area contributed by atoms with Gasteiger partial charge < -0.3 is 9.72 Å². The second-order valence-corrected chi connectivity index (χ2v) is 7.66. The summed E-state index contributed by atoms with van der Waals surface area (Å²) in [7, 11) is 1.61. The molecule has 0 fully saturated rings. The Hall–Kier alpha value is -4.12. The number of aromatic amines is 1. The third kappa shape index (κ3) is 4.47. The SMILES string of the molecule is COc1ccc(C=CC(=O)c2cccc(-n3cc(-c4ccc(C)c(C)c4)[nH]c3=O)c2)cc1. The predicted molar refractivity (Wildman–Crippen MR) is 128 cm³/mol. The van der Waals surface area contributed by atoms with Crippen molar-refractivity contribution >= 4 is 11.9 Å². The highest BCUT2D eigenvalue weighted by molar-refractivity contribution is 6.07. The fraction of sp³-hybridized carbons (Fsp3) is 0.111. The van der Waals surface area contributed by atoms with E-state index in [4.69, 9.17) is 4.74 Å². The Morgan fingerprint density at radius 1 is 0.969 bits per heavy atom. The van der Waals surface area contributed by atoms with Gasteiger partial charge in [0.25, 0.3) is 0 Å². The molecule has 0 aliphatic carbocycles. The summed E-state index contributed by atoms with van der Waals surface area (Å²) in [6.45, 7) is 4.10. The van der Waals surface area contributed by atoms with Crippen molar-refractivity contribution in [3.63, 3.8) is 0 Å². The number of aryl methyl sites for hydroxylation is 2. The number of allylic oxidation sites excluding steroid dienone is 1. The van der Waals surface area contributed by atoms with Gasteiger partial charge in [0.1, 0.15) is 5.75 Å². The number of benzene rings is 3. The van der Waals surface area contributed by atoms with Crippen LogP contribution in [0.15, 0.2) is 83.8 Å². The maximum Gasteiger partial charge on any atom is 0.330 e. The monoisotopic (exact) mass is 424 g/mol. The first-order chi connectivity index (χ1) is 15.4. The lowest BCUT2D eigenvalue weighted by Gasteiger charge is -2.04. The number of nitrogens with zero attached hydrogens (tertiary/aromatic N) is 1. The molecular weight excluding hydrogens is 400 g/mol. The number of ether oxygens (including phenoxy) is 1. The van der Waals surface area contributed by atoms with Crippen LogP contribution in [0.2, 0.25) is 0 Å². The molecule has 0 atom stereocenters. The fourth-order valence-corrected chi connectivity index (χ4v) is 3.44. The molecule has 4 aromatic rings. The molecule has 0 aliphatic rings. The Bertz CT molecular complexity index is 1360. The van der Waals surface area contributed by atoms with Crippen LogP contribution in [0.25, 0.3) is 23.0 Å². The van der Waals surface area contributed by atoms with E-state index >= 15 is 0 Å². The zero-order chi connectivity index (χ0) is 22.7. The quantitative estimate of drug-likeness (QED) is 0.335. The molecule has 0 bridgehead atoms. The highest BCUT2D eigenvalue weighted by atomic mass is 16.5. The molecule has 1 N–H and O–H groups in total. The Morgan fingerprint density at radius 3 is 2.47 bits per heavy atom. The van der Waals surface area contributed by atoms with Crippen LogP contribution in [0.5, 0.6) is 5.75 Å². The number of hydrogen-bond donors (Lipinski definition) is 1. The predicted octanol–water partition coefficient (Wildman–Crippen LogP) is 5.35. The van der Waals surface area contributed by atoms with Crippen LogP contribution in [0.3, 0.4) is 0 Å². The smallest absolute Gasteiger partial charge is 0.330 e.